The topological polar surface area (TPSA) is 38.8 Å². The lowest BCUT2D eigenvalue weighted by Crippen LogP contribution is -2.38. The molecule has 2 aromatic rings. The van der Waals surface area contributed by atoms with Crippen LogP contribution in [0.2, 0.25) is 0 Å². The molecule has 0 aromatic heterocycles. The van der Waals surface area contributed by atoms with Gasteiger partial charge in [0.2, 0.25) is 0 Å². The number of piperidine rings is 1. The molecule has 0 radical (unpaired) electrons. The molecule has 0 N–H and O–H groups in total. The van der Waals surface area contributed by atoms with Gasteiger partial charge >= 0.3 is 5.97 Å². The highest BCUT2D eigenvalue weighted by Gasteiger charge is 2.24. The smallest absolute Gasteiger partial charge is 0.305 e. The number of likely N-dealkylation sites (tertiary alicyclic amines) is 1. The van der Waals surface area contributed by atoms with Gasteiger partial charge in [0, 0.05) is 19.5 Å². The second kappa shape index (κ2) is 13.5. The van der Waals surface area contributed by atoms with E-state index in [2.05, 4.69) is 21.8 Å². The van der Waals surface area contributed by atoms with Crippen LogP contribution in [-0.4, -0.2) is 43.7 Å². The Morgan fingerprint density at radius 1 is 1.00 bits per heavy atom. The lowest BCUT2D eigenvalue weighted by Gasteiger charge is -2.34. The molecule has 1 unspecified atom stereocenters. The Labute approximate surface area is 191 Å². The highest BCUT2D eigenvalue weighted by molar-refractivity contribution is 5.85. The van der Waals surface area contributed by atoms with Crippen molar-refractivity contribution >= 4 is 18.4 Å². The summed E-state index contributed by atoms with van der Waals surface area (Å²) in [6.45, 7) is 3.10. The Morgan fingerprint density at radius 3 is 2.29 bits per heavy atom. The van der Waals surface area contributed by atoms with Crippen molar-refractivity contribution in [3.63, 3.8) is 0 Å². The first kappa shape index (κ1) is 25.3. The van der Waals surface area contributed by atoms with E-state index in [-0.39, 0.29) is 36.4 Å². The van der Waals surface area contributed by atoms with Crippen LogP contribution in [0.15, 0.2) is 54.6 Å². The summed E-state index contributed by atoms with van der Waals surface area (Å²) in [4.78, 5) is 13.6. The van der Waals surface area contributed by atoms with Crippen molar-refractivity contribution in [3.8, 4) is 0 Å². The van der Waals surface area contributed by atoms with Gasteiger partial charge in [-0.05, 0) is 55.5 Å². The molecule has 1 aliphatic rings. The van der Waals surface area contributed by atoms with Gasteiger partial charge in [0.05, 0.1) is 13.2 Å². The molecule has 1 heterocycles. The quantitative estimate of drug-likeness (QED) is 0.352. The van der Waals surface area contributed by atoms with Crippen LogP contribution < -0.4 is 0 Å². The largest absolute Gasteiger partial charge is 0.469 e. The third-order valence-electron chi connectivity index (χ3n) is 5.72. The molecular weight excluding hydrogens is 417 g/mol. The van der Waals surface area contributed by atoms with E-state index in [1.165, 1.54) is 19.2 Å². The fraction of sp³-hybridized carbons (Fsp3) is 0.480. The maximum Gasteiger partial charge on any atom is 0.305 e. The summed E-state index contributed by atoms with van der Waals surface area (Å²) in [7, 11) is 1.44. The Bertz CT molecular complexity index is 764. The third-order valence-corrected chi connectivity index (χ3v) is 5.72. The van der Waals surface area contributed by atoms with Gasteiger partial charge in [0.15, 0.2) is 0 Å². The summed E-state index contributed by atoms with van der Waals surface area (Å²) < 4.78 is 24.6. The van der Waals surface area contributed by atoms with Crippen LogP contribution in [0.3, 0.4) is 0 Å². The lowest BCUT2D eigenvalue weighted by atomic mass is 10.00. The monoisotopic (exact) mass is 449 g/mol. The molecule has 170 valence electrons. The molecule has 1 aliphatic heterocycles. The Balaban J connectivity index is 0.00000341. The van der Waals surface area contributed by atoms with E-state index in [9.17, 15) is 9.18 Å². The van der Waals surface area contributed by atoms with E-state index in [1.54, 1.807) is 0 Å². The molecule has 0 bridgehead atoms. The number of hydrogen-bond donors (Lipinski definition) is 0. The zero-order valence-electron chi connectivity index (χ0n) is 18.2. The zero-order valence-corrected chi connectivity index (χ0v) is 19.0. The maximum absolute atomic E-state index is 13.4. The number of esters is 1. The van der Waals surface area contributed by atoms with Gasteiger partial charge < -0.3 is 14.4 Å². The fourth-order valence-corrected chi connectivity index (χ4v) is 3.96. The van der Waals surface area contributed by atoms with Crippen LogP contribution in [0.25, 0.3) is 0 Å². The van der Waals surface area contributed by atoms with E-state index >= 15 is 0 Å². The molecule has 1 fully saturated rings. The Kier molecular flexibility index (Phi) is 11.0. The minimum atomic E-state index is -0.231. The average molecular weight is 450 g/mol. The molecule has 31 heavy (non-hydrogen) atoms. The van der Waals surface area contributed by atoms with Gasteiger partial charge in [-0.25, -0.2) is 4.39 Å². The average Bonchev–Trinajstić information content (AvgIpc) is 2.79. The van der Waals surface area contributed by atoms with E-state index in [0.717, 1.165) is 62.9 Å². The molecule has 1 atom stereocenters. The first-order valence-electron chi connectivity index (χ1n) is 10.9. The van der Waals surface area contributed by atoms with Crippen molar-refractivity contribution < 1.29 is 18.7 Å². The second-order valence-corrected chi connectivity index (χ2v) is 7.91. The second-order valence-electron chi connectivity index (χ2n) is 7.91. The van der Waals surface area contributed by atoms with Crippen LogP contribution in [0, 0.1) is 5.82 Å². The number of halogens is 2. The number of methoxy groups -OCH3 is 1. The highest BCUT2D eigenvalue weighted by Crippen LogP contribution is 2.30. The number of nitrogens with zero attached hydrogens (tertiary/aromatic N) is 1. The molecule has 6 heteroatoms. The van der Waals surface area contributed by atoms with Crippen molar-refractivity contribution in [1.29, 1.82) is 0 Å². The van der Waals surface area contributed by atoms with Crippen LogP contribution in [0.4, 0.5) is 4.39 Å². The summed E-state index contributed by atoms with van der Waals surface area (Å²) in [5, 5.41) is 0. The summed E-state index contributed by atoms with van der Waals surface area (Å²) in [5.74, 6) is -0.354. The van der Waals surface area contributed by atoms with E-state index < -0.39 is 0 Å². The normalized spacial score (nSPS) is 15.8. The van der Waals surface area contributed by atoms with E-state index in [4.69, 9.17) is 4.74 Å². The van der Waals surface area contributed by atoms with Gasteiger partial charge in [-0.1, -0.05) is 48.9 Å². The summed E-state index contributed by atoms with van der Waals surface area (Å²) in [5.41, 5.74) is 2.08. The van der Waals surface area contributed by atoms with Crippen LogP contribution in [-0.2, 0) is 14.3 Å². The highest BCUT2D eigenvalue weighted by atomic mass is 35.5. The molecule has 0 aliphatic carbocycles. The molecule has 0 saturated carbocycles. The van der Waals surface area contributed by atoms with Crippen molar-refractivity contribution in [1.82, 2.24) is 4.90 Å². The van der Waals surface area contributed by atoms with Crippen LogP contribution in [0.5, 0.6) is 0 Å². The van der Waals surface area contributed by atoms with Gasteiger partial charge in [-0.3, -0.25) is 4.79 Å². The Morgan fingerprint density at radius 2 is 1.65 bits per heavy atom. The first-order valence-corrected chi connectivity index (χ1v) is 10.9. The number of carbonyl (C=O) groups is 1. The molecular formula is C25H33ClFNO3. The van der Waals surface area contributed by atoms with Crippen molar-refractivity contribution in [2.75, 3.05) is 26.7 Å². The standard InChI is InChI=1S/C25H32FNO3.ClH/c1-29-24(28)10-6-3-7-17-27-18-15-23(16-19-27)30-25(20-8-4-2-5-9-20)21-11-13-22(26)14-12-21;/h2,4-5,8-9,11-14,23,25H,3,6-7,10,15-19H2,1H3;1H. The van der Waals surface area contributed by atoms with Crippen molar-refractivity contribution in [2.45, 2.75) is 50.7 Å². The number of hydrogen-bond acceptors (Lipinski definition) is 4. The molecule has 3 rings (SSSR count). The zero-order chi connectivity index (χ0) is 21.2. The van der Waals surface area contributed by atoms with Crippen molar-refractivity contribution in [3.05, 3.63) is 71.5 Å². The molecule has 0 spiro atoms. The van der Waals surface area contributed by atoms with Gasteiger partial charge in [0.25, 0.3) is 0 Å². The molecule has 4 nitrogen and oxygen atoms in total. The van der Waals surface area contributed by atoms with Gasteiger partial charge in [-0.2, -0.15) is 0 Å². The predicted molar refractivity (Wildman–Crippen MR) is 123 cm³/mol. The Hall–Kier alpha value is -1.95. The number of carbonyl (C=O) groups excluding carboxylic acids is 1. The predicted octanol–water partition coefficient (Wildman–Crippen LogP) is 5.55. The number of benzene rings is 2. The number of unbranched alkanes of at least 4 members (excludes halogenated alkanes) is 2. The molecule has 1 saturated heterocycles. The summed E-state index contributed by atoms with van der Waals surface area (Å²) in [6.07, 6.45) is 5.55. The number of rotatable bonds is 10. The maximum atomic E-state index is 13.4. The summed E-state index contributed by atoms with van der Waals surface area (Å²) >= 11 is 0. The van der Waals surface area contributed by atoms with Gasteiger partial charge in [-0.15, -0.1) is 12.4 Å². The van der Waals surface area contributed by atoms with Crippen LogP contribution >= 0.6 is 12.4 Å². The number of ether oxygens (including phenoxy) is 2. The van der Waals surface area contributed by atoms with Crippen molar-refractivity contribution in [2.24, 2.45) is 0 Å². The summed E-state index contributed by atoms with van der Waals surface area (Å²) in [6, 6.07) is 16.8. The first-order chi connectivity index (χ1) is 14.7. The van der Waals surface area contributed by atoms with E-state index in [1.807, 2.05) is 30.3 Å². The molecule has 0 amide bonds. The minimum Gasteiger partial charge on any atom is -0.469 e. The lowest BCUT2D eigenvalue weighted by molar-refractivity contribution is -0.140. The van der Waals surface area contributed by atoms with Crippen LogP contribution in [0.1, 0.15) is 55.8 Å². The third kappa shape index (κ3) is 8.24. The SMILES string of the molecule is COC(=O)CCCCCN1CCC(OC(c2ccccc2)c2ccc(F)cc2)CC1.Cl. The van der Waals surface area contributed by atoms with Gasteiger partial charge in [0.1, 0.15) is 11.9 Å². The van der Waals surface area contributed by atoms with E-state index in [0.29, 0.717) is 6.42 Å². The minimum absolute atomic E-state index is 0. The molecule has 2 aromatic carbocycles. The fourth-order valence-electron chi connectivity index (χ4n) is 3.96.